The topological polar surface area (TPSA) is 23.8 Å². The van der Waals surface area contributed by atoms with Crippen LogP contribution in [0.4, 0.5) is 0 Å². The van der Waals surface area contributed by atoms with Crippen LogP contribution in [-0.4, -0.2) is 0 Å². The molecule has 2 aliphatic rings. The number of nitrogens with zero attached hydrogens (tertiary/aromatic N) is 1. The van der Waals surface area contributed by atoms with Gasteiger partial charge in [0.05, 0.1) is 11.6 Å². The molecular weight excluding hydrogens is 290 g/mol. The highest BCUT2D eigenvalue weighted by Gasteiger charge is 2.23. The fraction of sp³-hybridized carbons (Fsp3) is 0.696. The van der Waals surface area contributed by atoms with E-state index in [9.17, 15) is 0 Å². The average Bonchev–Trinajstić information content (AvgIpc) is 2.65. The minimum Gasteiger partial charge on any atom is -0.192 e. The fourth-order valence-electron chi connectivity index (χ4n) is 4.92. The summed E-state index contributed by atoms with van der Waals surface area (Å²) < 4.78 is 0. The van der Waals surface area contributed by atoms with Gasteiger partial charge in [-0.25, -0.2) is 0 Å². The van der Waals surface area contributed by atoms with E-state index >= 15 is 0 Å². The van der Waals surface area contributed by atoms with Crippen LogP contribution < -0.4 is 0 Å². The Hall–Kier alpha value is -1.29. The largest absolute Gasteiger partial charge is 0.192 e. The van der Waals surface area contributed by atoms with Crippen molar-refractivity contribution >= 4 is 0 Å². The Morgan fingerprint density at radius 3 is 2.33 bits per heavy atom. The molecule has 1 aromatic rings. The van der Waals surface area contributed by atoms with Gasteiger partial charge in [-0.2, -0.15) is 5.26 Å². The Labute approximate surface area is 148 Å². The quantitative estimate of drug-likeness (QED) is 0.591. The highest BCUT2D eigenvalue weighted by Crippen LogP contribution is 2.36. The number of benzene rings is 1. The third kappa shape index (κ3) is 4.62. The molecule has 0 heterocycles. The predicted octanol–water partition coefficient (Wildman–Crippen LogP) is 6.44. The molecular formula is C23H33N. The van der Waals surface area contributed by atoms with Gasteiger partial charge in [0.2, 0.25) is 0 Å². The van der Waals surface area contributed by atoms with Gasteiger partial charge in [-0.15, -0.1) is 0 Å². The van der Waals surface area contributed by atoms with E-state index in [-0.39, 0.29) is 0 Å². The van der Waals surface area contributed by atoms with Crippen molar-refractivity contribution in [3.63, 3.8) is 0 Å². The van der Waals surface area contributed by atoms with Crippen molar-refractivity contribution in [2.75, 3.05) is 0 Å². The summed E-state index contributed by atoms with van der Waals surface area (Å²) in [7, 11) is 0. The van der Waals surface area contributed by atoms with Crippen LogP contribution in [-0.2, 0) is 12.8 Å². The van der Waals surface area contributed by atoms with E-state index in [1.807, 2.05) is 6.07 Å². The lowest BCUT2D eigenvalue weighted by atomic mass is 9.75. The minimum absolute atomic E-state index is 0.826. The first-order valence-electron chi connectivity index (χ1n) is 10.3. The maximum absolute atomic E-state index is 9.04. The van der Waals surface area contributed by atoms with Crippen LogP contribution in [0, 0.1) is 29.1 Å². The van der Waals surface area contributed by atoms with Crippen molar-refractivity contribution in [2.24, 2.45) is 17.8 Å². The monoisotopic (exact) mass is 323 g/mol. The molecule has 1 nitrogen and oxygen atoms in total. The molecule has 1 atom stereocenters. The molecule has 2 aliphatic carbocycles. The maximum atomic E-state index is 9.04. The Morgan fingerprint density at radius 1 is 0.917 bits per heavy atom. The molecule has 1 unspecified atom stereocenters. The molecule has 130 valence electrons. The number of fused-ring (bicyclic) bond motifs is 1. The third-order valence-electron chi connectivity index (χ3n) is 6.58. The highest BCUT2D eigenvalue weighted by molar-refractivity contribution is 5.39. The molecule has 0 spiro atoms. The number of rotatable bonds is 6. The van der Waals surface area contributed by atoms with Crippen LogP contribution in [0.25, 0.3) is 0 Å². The Kier molecular flexibility index (Phi) is 6.36. The summed E-state index contributed by atoms with van der Waals surface area (Å²) in [5.74, 6) is 2.92. The number of unbranched alkanes of at least 4 members (excludes halogenated alkanes) is 1. The first-order chi connectivity index (χ1) is 11.8. The molecule has 1 aromatic carbocycles. The molecule has 0 aromatic heterocycles. The normalized spacial score (nSPS) is 26.6. The number of nitriles is 1. The van der Waals surface area contributed by atoms with E-state index in [0.717, 1.165) is 23.3 Å². The first kappa shape index (κ1) is 17.5. The second kappa shape index (κ2) is 8.70. The number of hydrogen-bond donors (Lipinski definition) is 0. The van der Waals surface area contributed by atoms with Crippen molar-refractivity contribution in [2.45, 2.75) is 84.0 Å². The van der Waals surface area contributed by atoms with Crippen LogP contribution in [0.15, 0.2) is 18.2 Å². The summed E-state index contributed by atoms with van der Waals surface area (Å²) in [6.45, 7) is 2.31. The first-order valence-corrected chi connectivity index (χ1v) is 10.3. The molecule has 0 amide bonds. The summed E-state index contributed by atoms with van der Waals surface area (Å²) in [5, 5.41) is 9.04. The second-order valence-corrected chi connectivity index (χ2v) is 8.31. The van der Waals surface area contributed by atoms with Gasteiger partial charge in [0, 0.05) is 0 Å². The number of aryl methyl sites for hydroxylation is 1. The smallest absolute Gasteiger partial charge is 0.0991 e. The molecule has 1 heteroatoms. The van der Waals surface area contributed by atoms with Gasteiger partial charge in [0.25, 0.3) is 0 Å². The van der Waals surface area contributed by atoms with Gasteiger partial charge in [-0.3, -0.25) is 0 Å². The van der Waals surface area contributed by atoms with Gasteiger partial charge in [0.15, 0.2) is 0 Å². The zero-order chi connectivity index (χ0) is 16.8. The lowest BCUT2D eigenvalue weighted by Gasteiger charge is -2.31. The SMILES string of the molecule is CCCCC1CCC(CCC2CCc3cc(C#N)ccc3C2)CC1. The van der Waals surface area contributed by atoms with E-state index in [1.54, 1.807) is 0 Å². The van der Waals surface area contributed by atoms with E-state index in [0.29, 0.717) is 0 Å². The standard InChI is InChI=1S/C23H33N/c1-2-3-4-18-5-7-19(8-6-18)9-10-20-11-13-23-16-21(17-24)12-14-22(23)15-20/h12,14,16,18-20H,2-11,13,15H2,1H3. The van der Waals surface area contributed by atoms with Crippen molar-refractivity contribution in [3.8, 4) is 6.07 Å². The lowest BCUT2D eigenvalue weighted by molar-refractivity contribution is 0.234. The molecule has 3 rings (SSSR count). The van der Waals surface area contributed by atoms with E-state index < -0.39 is 0 Å². The average molecular weight is 324 g/mol. The van der Waals surface area contributed by atoms with Gasteiger partial charge in [0.1, 0.15) is 0 Å². The fourth-order valence-corrected chi connectivity index (χ4v) is 4.92. The molecule has 1 fully saturated rings. The third-order valence-corrected chi connectivity index (χ3v) is 6.58. The van der Waals surface area contributed by atoms with Gasteiger partial charge in [-0.1, -0.05) is 64.4 Å². The van der Waals surface area contributed by atoms with Gasteiger partial charge < -0.3 is 0 Å². The van der Waals surface area contributed by atoms with Crippen molar-refractivity contribution in [1.29, 1.82) is 5.26 Å². The van der Waals surface area contributed by atoms with E-state index in [4.69, 9.17) is 5.26 Å². The Bertz CT molecular complexity index is 560. The van der Waals surface area contributed by atoms with Gasteiger partial charge >= 0.3 is 0 Å². The molecule has 1 saturated carbocycles. The van der Waals surface area contributed by atoms with Crippen LogP contribution >= 0.6 is 0 Å². The number of hydrogen-bond acceptors (Lipinski definition) is 1. The van der Waals surface area contributed by atoms with E-state index in [2.05, 4.69) is 25.1 Å². The summed E-state index contributed by atoms with van der Waals surface area (Å²) in [6.07, 6.45) is 16.9. The molecule has 24 heavy (non-hydrogen) atoms. The molecule has 0 aliphatic heterocycles. The van der Waals surface area contributed by atoms with Crippen molar-refractivity contribution in [3.05, 3.63) is 34.9 Å². The minimum atomic E-state index is 0.826. The van der Waals surface area contributed by atoms with Gasteiger partial charge in [-0.05, 0) is 66.7 Å². The van der Waals surface area contributed by atoms with Crippen molar-refractivity contribution in [1.82, 2.24) is 0 Å². The van der Waals surface area contributed by atoms with Crippen LogP contribution in [0.5, 0.6) is 0 Å². The van der Waals surface area contributed by atoms with Crippen molar-refractivity contribution < 1.29 is 0 Å². The van der Waals surface area contributed by atoms with Crippen LogP contribution in [0.2, 0.25) is 0 Å². The maximum Gasteiger partial charge on any atom is 0.0991 e. The molecule has 0 bridgehead atoms. The van der Waals surface area contributed by atoms with Crippen LogP contribution in [0.1, 0.15) is 87.8 Å². The lowest BCUT2D eigenvalue weighted by Crippen LogP contribution is -2.18. The summed E-state index contributed by atoms with van der Waals surface area (Å²) in [4.78, 5) is 0. The summed E-state index contributed by atoms with van der Waals surface area (Å²) in [5.41, 5.74) is 3.77. The Balaban J connectivity index is 1.41. The molecule has 0 saturated heterocycles. The molecule has 0 N–H and O–H groups in total. The Morgan fingerprint density at radius 2 is 1.62 bits per heavy atom. The highest BCUT2D eigenvalue weighted by atomic mass is 14.3. The summed E-state index contributed by atoms with van der Waals surface area (Å²) in [6, 6.07) is 8.59. The van der Waals surface area contributed by atoms with Crippen LogP contribution in [0.3, 0.4) is 0 Å². The zero-order valence-electron chi connectivity index (χ0n) is 15.4. The second-order valence-electron chi connectivity index (χ2n) is 8.31. The zero-order valence-corrected chi connectivity index (χ0v) is 15.4. The summed E-state index contributed by atoms with van der Waals surface area (Å²) >= 11 is 0. The molecule has 0 radical (unpaired) electrons. The van der Waals surface area contributed by atoms with E-state index in [1.165, 1.54) is 88.2 Å². The predicted molar refractivity (Wildman–Crippen MR) is 101 cm³/mol.